The summed E-state index contributed by atoms with van der Waals surface area (Å²) >= 11 is 0. The summed E-state index contributed by atoms with van der Waals surface area (Å²) in [6.07, 6.45) is 1.60. The van der Waals surface area contributed by atoms with Crippen molar-refractivity contribution in [3.8, 4) is 0 Å². The molecule has 0 amide bonds. The summed E-state index contributed by atoms with van der Waals surface area (Å²) in [4.78, 5) is 22.5. The molecule has 1 fully saturated rings. The lowest BCUT2D eigenvalue weighted by Crippen LogP contribution is -2.15. The molecule has 0 aromatic heterocycles. The molecule has 0 N–H and O–H groups in total. The topological polar surface area (TPSA) is 43.4 Å². The molecule has 2 aliphatic rings. The van der Waals surface area contributed by atoms with Gasteiger partial charge in [0, 0.05) is 5.57 Å². The van der Waals surface area contributed by atoms with Crippen LogP contribution in [0.25, 0.3) is 0 Å². The Morgan fingerprint density at radius 3 is 2.85 bits per heavy atom. The fourth-order valence-electron chi connectivity index (χ4n) is 1.77. The molecule has 1 heterocycles. The van der Waals surface area contributed by atoms with E-state index < -0.39 is 0 Å². The van der Waals surface area contributed by atoms with Crippen molar-refractivity contribution >= 4 is 11.8 Å². The minimum atomic E-state index is -0.327. The van der Waals surface area contributed by atoms with Gasteiger partial charge in [-0.1, -0.05) is 6.58 Å². The van der Waals surface area contributed by atoms with E-state index in [1.165, 1.54) is 0 Å². The lowest BCUT2D eigenvalue weighted by molar-refractivity contribution is -0.140. The van der Waals surface area contributed by atoms with Crippen LogP contribution < -0.4 is 0 Å². The molecule has 0 aromatic carbocycles. The van der Waals surface area contributed by atoms with Crippen LogP contribution in [0.3, 0.4) is 0 Å². The molecule has 2 rings (SSSR count). The number of ether oxygens (including phenoxy) is 1. The third-order valence-corrected chi connectivity index (χ3v) is 2.44. The van der Waals surface area contributed by atoms with Crippen LogP contribution in [0.15, 0.2) is 23.8 Å². The van der Waals surface area contributed by atoms with Gasteiger partial charge in [0.2, 0.25) is 0 Å². The van der Waals surface area contributed by atoms with Gasteiger partial charge in [0.1, 0.15) is 6.10 Å². The van der Waals surface area contributed by atoms with E-state index in [0.717, 1.165) is 5.57 Å². The van der Waals surface area contributed by atoms with Crippen molar-refractivity contribution in [2.45, 2.75) is 19.4 Å². The Bertz CT molecular complexity index is 338. The van der Waals surface area contributed by atoms with Crippen LogP contribution in [0.1, 0.15) is 13.3 Å². The zero-order valence-corrected chi connectivity index (χ0v) is 7.37. The minimum Gasteiger partial charge on any atom is -0.457 e. The predicted molar refractivity (Wildman–Crippen MR) is 45.9 cm³/mol. The van der Waals surface area contributed by atoms with Gasteiger partial charge in [0.15, 0.2) is 5.78 Å². The fourth-order valence-corrected chi connectivity index (χ4v) is 1.77. The van der Waals surface area contributed by atoms with Crippen molar-refractivity contribution in [1.82, 2.24) is 0 Å². The predicted octanol–water partition coefficient (Wildman–Crippen LogP) is 1.00. The Balaban J connectivity index is 2.30. The second-order valence-electron chi connectivity index (χ2n) is 3.49. The molecule has 1 aliphatic carbocycles. The maximum absolute atomic E-state index is 11.6. The van der Waals surface area contributed by atoms with E-state index in [2.05, 4.69) is 6.58 Å². The summed E-state index contributed by atoms with van der Waals surface area (Å²) in [5.41, 5.74) is 1.37. The first-order valence-corrected chi connectivity index (χ1v) is 4.21. The first-order valence-electron chi connectivity index (χ1n) is 4.21. The normalized spacial score (nSPS) is 31.3. The zero-order chi connectivity index (χ0) is 9.59. The van der Waals surface area contributed by atoms with Crippen LogP contribution in [0.4, 0.5) is 0 Å². The third-order valence-electron chi connectivity index (χ3n) is 2.44. The van der Waals surface area contributed by atoms with E-state index >= 15 is 0 Å². The van der Waals surface area contributed by atoms with Crippen molar-refractivity contribution in [1.29, 1.82) is 0 Å². The quantitative estimate of drug-likeness (QED) is 0.563. The second kappa shape index (κ2) is 2.55. The Morgan fingerprint density at radius 2 is 2.31 bits per heavy atom. The monoisotopic (exact) mass is 178 g/mol. The first kappa shape index (κ1) is 8.23. The molecule has 68 valence electrons. The molecule has 0 saturated carbocycles. The molecule has 1 aliphatic heterocycles. The molecule has 0 radical (unpaired) electrons. The van der Waals surface area contributed by atoms with Crippen LogP contribution >= 0.6 is 0 Å². The van der Waals surface area contributed by atoms with Crippen molar-refractivity contribution in [3.63, 3.8) is 0 Å². The molecular formula is C10H10O3. The van der Waals surface area contributed by atoms with Crippen LogP contribution in [0.2, 0.25) is 0 Å². The van der Waals surface area contributed by atoms with Gasteiger partial charge < -0.3 is 4.74 Å². The number of carbonyl (C=O) groups excluding carboxylic acids is 2. The van der Waals surface area contributed by atoms with E-state index in [9.17, 15) is 9.59 Å². The molecule has 13 heavy (non-hydrogen) atoms. The molecule has 3 nitrogen and oxygen atoms in total. The number of hydrogen-bond donors (Lipinski definition) is 0. The number of esters is 1. The van der Waals surface area contributed by atoms with Crippen molar-refractivity contribution in [2.24, 2.45) is 5.92 Å². The summed E-state index contributed by atoms with van der Waals surface area (Å²) in [6.45, 7) is 5.49. The molecule has 3 heteroatoms. The largest absolute Gasteiger partial charge is 0.457 e. The van der Waals surface area contributed by atoms with Gasteiger partial charge in [-0.25, -0.2) is 0 Å². The maximum Gasteiger partial charge on any atom is 0.307 e. The summed E-state index contributed by atoms with van der Waals surface area (Å²) in [5, 5.41) is 0. The average molecular weight is 178 g/mol. The fraction of sp³-hybridized carbons (Fsp3) is 0.400. The number of hydrogen-bond acceptors (Lipinski definition) is 3. The first-order chi connectivity index (χ1) is 6.09. The standard InChI is InChI=1S/C10H10O3/c1-5(2)6-3-8-7(10(6)12)4-9(11)13-8/h3,7-8H,1,4H2,2H3/t7-,8-/m1/s1. The van der Waals surface area contributed by atoms with Crippen LogP contribution in [0, 0.1) is 5.92 Å². The SMILES string of the molecule is C=C(C)C1=C[C@H]2OC(=O)C[C@H]2C1=O. The van der Waals surface area contributed by atoms with Crippen molar-refractivity contribution in [3.05, 3.63) is 23.8 Å². The molecule has 2 atom stereocenters. The Morgan fingerprint density at radius 1 is 1.62 bits per heavy atom. The lowest BCUT2D eigenvalue weighted by Gasteiger charge is -2.02. The molecule has 1 saturated heterocycles. The van der Waals surface area contributed by atoms with Crippen molar-refractivity contribution < 1.29 is 14.3 Å². The number of carbonyl (C=O) groups is 2. The van der Waals surface area contributed by atoms with Gasteiger partial charge in [-0.3, -0.25) is 9.59 Å². The Hall–Kier alpha value is -1.38. The molecular weight excluding hydrogens is 168 g/mol. The van der Waals surface area contributed by atoms with Crippen LogP contribution in [0.5, 0.6) is 0 Å². The summed E-state index contributed by atoms with van der Waals surface area (Å²) < 4.78 is 4.96. The second-order valence-corrected chi connectivity index (χ2v) is 3.49. The summed E-state index contributed by atoms with van der Waals surface area (Å²) in [7, 11) is 0. The van der Waals surface area contributed by atoms with Crippen LogP contribution in [-0.4, -0.2) is 17.9 Å². The van der Waals surface area contributed by atoms with Crippen molar-refractivity contribution in [2.75, 3.05) is 0 Å². The van der Waals surface area contributed by atoms with Gasteiger partial charge in [0.05, 0.1) is 12.3 Å². The number of ketones is 1. The number of fused-ring (bicyclic) bond motifs is 1. The third kappa shape index (κ3) is 1.11. The van der Waals surface area contributed by atoms with E-state index in [0.29, 0.717) is 5.57 Å². The minimum absolute atomic E-state index is 0.00310. The van der Waals surface area contributed by atoms with Gasteiger partial charge in [0.25, 0.3) is 0 Å². The highest BCUT2D eigenvalue weighted by Crippen LogP contribution is 2.34. The molecule has 0 aromatic rings. The van der Waals surface area contributed by atoms with Gasteiger partial charge >= 0.3 is 5.97 Å². The lowest BCUT2D eigenvalue weighted by atomic mass is 9.98. The molecule has 0 unspecified atom stereocenters. The van der Waals surface area contributed by atoms with Gasteiger partial charge in [-0.15, -0.1) is 0 Å². The molecule has 0 bridgehead atoms. The van der Waals surface area contributed by atoms with E-state index in [-0.39, 0.29) is 30.2 Å². The Kier molecular flexibility index (Phi) is 1.62. The van der Waals surface area contributed by atoms with E-state index in [1.54, 1.807) is 13.0 Å². The smallest absolute Gasteiger partial charge is 0.307 e. The summed E-state index contributed by atoms with van der Waals surface area (Å²) in [5.74, 6) is -0.553. The van der Waals surface area contributed by atoms with E-state index in [4.69, 9.17) is 4.74 Å². The van der Waals surface area contributed by atoms with Gasteiger partial charge in [-0.2, -0.15) is 0 Å². The number of Topliss-reactive ketones (excluding diaryl/α,β-unsaturated/α-hetero) is 1. The Labute approximate surface area is 76.1 Å². The zero-order valence-electron chi connectivity index (χ0n) is 7.37. The maximum atomic E-state index is 11.6. The summed E-state index contributed by atoms with van der Waals surface area (Å²) in [6, 6.07) is 0. The number of allylic oxidation sites excluding steroid dienone is 2. The highest BCUT2D eigenvalue weighted by molar-refractivity contribution is 6.06. The van der Waals surface area contributed by atoms with E-state index in [1.807, 2.05) is 0 Å². The highest BCUT2D eigenvalue weighted by atomic mass is 16.5. The average Bonchev–Trinajstić information content (AvgIpc) is 2.51. The molecule has 0 spiro atoms. The van der Waals surface area contributed by atoms with Gasteiger partial charge in [-0.05, 0) is 18.6 Å². The number of rotatable bonds is 1. The highest BCUT2D eigenvalue weighted by Gasteiger charge is 2.44. The van der Waals surface area contributed by atoms with Crippen LogP contribution in [-0.2, 0) is 14.3 Å².